The number of hydrogen-bond donors (Lipinski definition) is 1. The van der Waals surface area contributed by atoms with Crippen LogP contribution in [-0.4, -0.2) is 38.8 Å². The largest absolute Gasteiger partial charge is 0.481 e. The second kappa shape index (κ2) is 8.98. The zero-order valence-corrected chi connectivity index (χ0v) is 20.9. The van der Waals surface area contributed by atoms with E-state index in [4.69, 9.17) is 21.7 Å². The van der Waals surface area contributed by atoms with Crippen LogP contribution in [0.5, 0.6) is 0 Å². The van der Waals surface area contributed by atoms with E-state index in [9.17, 15) is 9.90 Å². The topological polar surface area (TPSA) is 70.7 Å². The molecule has 1 fully saturated rings. The summed E-state index contributed by atoms with van der Waals surface area (Å²) in [6.07, 6.45) is 2.21. The second-order valence-corrected chi connectivity index (χ2v) is 10.5. The van der Waals surface area contributed by atoms with Gasteiger partial charge in [0.25, 0.3) is 0 Å². The van der Waals surface area contributed by atoms with Gasteiger partial charge in [0.1, 0.15) is 5.82 Å². The van der Waals surface area contributed by atoms with Gasteiger partial charge in [0.2, 0.25) is 0 Å². The van der Waals surface area contributed by atoms with Gasteiger partial charge in [-0.2, -0.15) is 9.61 Å². The maximum atomic E-state index is 12.5. The zero-order chi connectivity index (χ0) is 23.9. The molecule has 3 aromatic rings. The van der Waals surface area contributed by atoms with Crippen LogP contribution in [0.4, 0.5) is 5.82 Å². The van der Waals surface area contributed by atoms with Crippen LogP contribution in [-0.2, 0) is 4.79 Å². The number of carboxylic acids is 1. The number of carboxylic acid groups (broad SMARTS) is 1. The molecule has 0 amide bonds. The fourth-order valence-corrected chi connectivity index (χ4v) is 5.51. The van der Waals surface area contributed by atoms with Crippen LogP contribution in [0, 0.1) is 18.3 Å². The summed E-state index contributed by atoms with van der Waals surface area (Å²) in [4.78, 5) is 19.6. The van der Waals surface area contributed by atoms with Crippen LogP contribution in [0.3, 0.4) is 0 Å². The maximum Gasteiger partial charge on any atom is 0.311 e. The molecule has 1 atom stereocenters. The lowest BCUT2D eigenvalue weighted by atomic mass is 9.74. The molecule has 3 heterocycles. The lowest BCUT2D eigenvalue weighted by Crippen LogP contribution is -2.49. The van der Waals surface area contributed by atoms with E-state index in [0.717, 1.165) is 46.9 Å². The summed E-state index contributed by atoms with van der Waals surface area (Å²) in [5, 5.41) is 15.9. The molecule has 1 N–H and O–H groups in total. The van der Waals surface area contributed by atoms with Gasteiger partial charge < -0.3 is 10.0 Å². The van der Waals surface area contributed by atoms with E-state index in [1.54, 1.807) is 0 Å². The molecule has 4 rings (SSSR count). The first-order valence-electron chi connectivity index (χ1n) is 11.8. The van der Waals surface area contributed by atoms with Crippen molar-refractivity contribution in [3.63, 3.8) is 0 Å². The zero-order valence-electron chi connectivity index (χ0n) is 20.1. The van der Waals surface area contributed by atoms with Gasteiger partial charge in [-0.1, -0.05) is 51.4 Å². The highest BCUT2D eigenvalue weighted by Gasteiger charge is 2.44. The summed E-state index contributed by atoms with van der Waals surface area (Å²) in [5.41, 5.74) is 3.90. The minimum absolute atomic E-state index is 0.228. The molecule has 2 aromatic heterocycles. The van der Waals surface area contributed by atoms with Gasteiger partial charge in [0.15, 0.2) is 5.65 Å². The van der Waals surface area contributed by atoms with Gasteiger partial charge in [0, 0.05) is 41.0 Å². The van der Waals surface area contributed by atoms with Gasteiger partial charge in [-0.15, -0.1) is 0 Å². The molecule has 176 valence electrons. The normalized spacial score (nSPS) is 19.1. The number of anilines is 1. The first kappa shape index (κ1) is 23.6. The number of aromatic nitrogens is 3. The van der Waals surface area contributed by atoms with Crippen molar-refractivity contribution in [2.24, 2.45) is 11.3 Å². The van der Waals surface area contributed by atoms with Crippen molar-refractivity contribution in [2.75, 3.05) is 18.0 Å². The molecular formula is C26H33ClN4O2. The Kier molecular flexibility index (Phi) is 6.41. The fraction of sp³-hybridized carbons (Fsp3) is 0.500. The molecule has 33 heavy (non-hydrogen) atoms. The Balaban J connectivity index is 1.88. The van der Waals surface area contributed by atoms with Gasteiger partial charge in [-0.3, -0.25) is 4.79 Å². The maximum absolute atomic E-state index is 12.5. The molecule has 1 saturated heterocycles. The predicted octanol–water partition coefficient (Wildman–Crippen LogP) is 6.20. The van der Waals surface area contributed by atoms with Gasteiger partial charge in [-0.25, -0.2) is 4.98 Å². The standard InChI is InChI=1S/C26H33ClN4O2/c1-16(2)14-26(25(32)33)11-6-12-30(15-26)24-23(17(3)4)18(5)28-22-13-21(29-31(22)24)19-7-9-20(27)10-8-19/h7-10,13,16-17H,6,11-12,14-15H2,1-5H3,(H,32,33). The number of rotatable bonds is 6. The number of fused-ring (bicyclic) bond motifs is 1. The van der Waals surface area contributed by atoms with Gasteiger partial charge in [0.05, 0.1) is 11.1 Å². The van der Waals surface area contributed by atoms with Crippen LogP contribution in [0.1, 0.15) is 64.1 Å². The Morgan fingerprint density at radius 2 is 1.91 bits per heavy atom. The molecule has 0 bridgehead atoms. The number of aliphatic carboxylic acids is 1. The van der Waals surface area contributed by atoms with Crippen molar-refractivity contribution >= 4 is 29.0 Å². The average molecular weight is 469 g/mol. The summed E-state index contributed by atoms with van der Waals surface area (Å²) in [6.45, 7) is 11.8. The number of carbonyl (C=O) groups is 1. The van der Waals surface area contributed by atoms with Crippen molar-refractivity contribution in [3.8, 4) is 11.3 Å². The van der Waals surface area contributed by atoms with Crippen LogP contribution < -0.4 is 4.90 Å². The van der Waals surface area contributed by atoms with Gasteiger partial charge in [-0.05, 0) is 50.2 Å². The molecule has 0 saturated carbocycles. The molecule has 1 aromatic carbocycles. The average Bonchev–Trinajstić information content (AvgIpc) is 3.16. The predicted molar refractivity (Wildman–Crippen MR) is 133 cm³/mol. The monoisotopic (exact) mass is 468 g/mol. The number of nitrogens with zero attached hydrogens (tertiary/aromatic N) is 4. The summed E-state index contributed by atoms with van der Waals surface area (Å²) in [5.74, 6) is 0.815. The lowest BCUT2D eigenvalue weighted by molar-refractivity contribution is -0.150. The Bertz CT molecular complexity index is 1170. The quantitative estimate of drug-likeness (QED) is 0.466. The molecule has 6 nitrogen and oxygen atoms in total. The summed E-state index contributed by atoms with van der Waals surface area (Å²) in [6, 6.07) is 9.62. The smallest absolute Gasteiger partial charge is 0.311 e. The van der Waals surface area contributed by atoms with E-state index in [0.29, 0.717) is 30.3 Å². The first-order chi connectivity index (χ1) is 15.6. The first-order valence-corrected chi connectivity index (χ1v) is 12.1. The van der Waals surface area contributed by atoms with Crippen LogP contribution >= 0.6 is 11.6 Å². The third-order valence-electron chi connectivity index (χ3n) is 6.65. The number of halogens is 1. The number of hydrogen-bond acceptors (Lipinski definition) is 4. The van der Waals surface area contributed by atoms with Crippen LogP contribution in [0.15, 0.2) is 30.3 Å². The molecule has 1 aliphatic rings. The van der Waals surface area contributed by atoms with E-state index in [2.05, 4.69) is 32.6 Å². The third kappa shape index (κ3) is 4.45. The third-order valence-corrected chi connectivity index (χ3v) is 6.90. The van der Waals surface area contributed by atoms with E-state index < -0.39 is 11.4 Å². The Morgan fingerprint density at radius 3 is 2.52 bits per heavy atom. The SMILES string of the molecule is Cc1nc2cc(-c3ccc(Cl)cc3)nn2c(N2CCCC(CC(C)C)(C(=O)O)C2)c1C(C)C. The van der Waals surface area contributed by atoms with Crippen LogP contribution in [0.25, 0.3) is 16.9 Å². The molecule has 7 heteroatoms. The number of aryl methyl sites for hydroxylation is 1. The Morgan fingerprint density at radius 1 is 1.21 bits per heavy atom. The van der Waals surface area contributed by atoms with Crippen molar-refractivity contribution in [3.05, 3.63) is 46.6 Å². The van der Waals surface area contributed by atoms with Gasteiger partial charge >= 0.3 is 5.97 Å². The lowest BCUT2D eigenvalue weighted by Gasteiger charge is -2.42. The van der Waals surface area contributed by atoms with Crippen molar-refractivity contribution in [2.45, 2.75) is 59.8 Å². The fourth-order valence-electron chi connectivity index (χ4n) is 5.38. The summed E-state index contributed by atoms with van der Waals surface area (Å²) >= 11 is 6.08. The summed E-state index contributed by atoms with van der Waals surface area (Å²) < 4.78 is 1.92. The molecule has 0 spiro atoms. The highest BCUT2D eigenvalue weighted by Crippen LogP contribution is 2.41. The molecule has 0 aliphatic carbocycles. The molecular weight excluding hydrogens is 436 g/mol. The molecule has 0 radical (unpaired) electrons. The minimum Gasteiger partial charge on any atom is -0.481 e. The second-order valence-electron chi connectivity index (χ2n) is 10.1. The highest BCUT2D eigenvalue weighted by atomic mass is 35.5. The molecule has 1 aliphatic heterocycles. The van der Waals surface area contributed by atoms with Crippen molar-refractivity contribution in [1.82, 2.24) is 14.6 Å². The Labute approximate surface area is 200 Å². The summed E-state index contributed by atoms with van der Waals surface area (Å²) in [7, 11) is 0. The highest BCUT2D eigenvalue weighted by molar-refractivity contribution is 6.30. The van der Waals surface area contributed by atoms with Crippen molar-refractivity contribution in [1.29, 1.82) is 0 Å². The van der Waals surface area contributed by atoms with Crippen LogP contribution in [0.2, 0.25) is 5.02 Å². The van der Waals surface area contributed by atoms with E-state index >= 15 is 0 Å². The minimum atomic E-state index is -0.754. The van der Waals surface area contributed by atoms with E-state index in [1.165, 1.54) is 0 Å². The molecule has 1 unspecified atom stereocenters. The number of piperidine rings is 1. The van der Waals surface area contributed by atoms with E-state index in [1.807, 2.05) is 41.8 Å². The Hall–Kier alpha value is -2.60. The van der Waals surface area contributed by atoms with E-state index in [-0.39, 0.29) is 5.92 Å². The van der Waals surface area contributed by atoms with Crippen molar-refractivity contribution < 1.29 is 9.90 Å². The number of benzene rings is 1.